The second-order valence-electron chi connectivity index (χ2n) is 14.1. The van der Waals surface area contributed by atoms with Crippen molar-refractivity contribution in [3.63, 3.8) is 0 Å². The van der Waals surface area contributed by atoms with E-state index in [-0.39, 0.29) is 36.3 Å². The quantitative estimate of drug-likeness (QED) is 0.172. The van der Waals surface area contributed by atoms with Crippen LogP contribution < -0.4 is 16.0 Å². The molecule has 248 valence electrons. The van der Waals surface area contributed by atoms with Crippen molar-refractivity contribution in [2.45, 2.75) is 94.0 Å². The summed E-state index contributed by atoms with van der Waals surface area (Å²) in [4.78, 5) is 25.5. The van der Waals surface area contributed by atoms with Crippen LogP contribution in [0.3, 0.4) is 0 Å². The number of ether oxygens (including phenoxy) is 2. The van der Waals surface area contributed by atoms with Gasteiger partial charge in [-0.3, -0.25) is 4.79 Å². The summed E-state index contributed by atoms with van der Waals surface area (Å²) < 4.78 is 13.0. The summed E-state index contributed by atoms with van der Waals surface area (Å²) in [7, 11) is 0. The van der Waals surface area contributed by atoms with Crippen molar-refractivity contribution < 1.29 is 24.2 Å². The van der Waals surface area contributed by atoms with Crippen molar-refractivity contribution in [3.8, 4) is 0 Å². The van der Waals surface area contributed by atoms with Gasteiger partial charge in [-0.25, -0.2) is 4.79 Å². The maximum Gasteiger partial charge on any atom is 0.315 e. The Morgan fingerprint density at radius 1 is 0.809 bits per heavy atom. The fourth-order valence-corrected chi connectivity index (χ4v) is 9.49. The molecule has 0 aromatic heterocycles. The highest BCUT2D eigenvalue weighted by molar-refractivity contribution is 7.99. The van der Waals surface area contributed by atoms with Gasteiger partial charge in [0, 0.05) is 47.3 Å². The highest BCUT2D eigenvalue weighted by Gasteiger charge is 2.51. The lowest BCUT2D eigenvalue weighted by Gasteiger charge is -2.56. The third-order valence-corrected chi connectivity index (χ3v) is 11.5. The van der Waals surface area contributed by atoms with Gasteiger partial charge in [-0.2, -0.15) is 0 Å². The molecule has 1 heterocycles. The first-order valence-corrected chi connectivity index (χ1v) is 18.0. The third kappa shape index (κ3) is 7.86. The van der Waals surface area contributed by atoms with Crippen LogP contribution in [0.5, 0.6) is 0 Å². The van der Waals surface area contributed by atoms with E-state index in [1.807, 2.05) is 72.8 Å². The smallest absolute Gasteiger partial charge is 0.315 e. The molecule has 3 atom stereocenters. The Bertz CT molecular complexity index is 1510. The maximum absolute atomic E-state index is 13.0. The normalized spacial score (nSPS) is 29.3. The molecule has 4 saturated carbocycles. The van der Waals surface area contributed by atoms with Gasteiger partial charge in [-0.1, -0.05) is 48.5 Å². The molecule has 3 aromatic carbocycles. The van der Waals surface area contributed by atoms with E-state index >= 15 is 0 Å². The number of anilines is 1. The lowest BCUT2D eigenvalue weighted by atomic mass is 9.53. The van der Waals surface area contributed by atoms with Crippen LogP contribution in [-0.4, -0.2) is 34.4 Å². The Labute approximate surface area is 281 Å². The first kappa shape index (κ1) is 32.2. The fraction of sp³-hybridized carbons (Fsp3) is 0.474. The molecule has 1 aliphatic heterocycles. The summed E-state index contributed by atoms with van der Waals surface area (Å²) in [5.74, 6) is 3.02. The van der Waals surface area contributed by atoms with Crippen LogP contribution in [-0.2, 0) is 27.4 Å². The number of hydrogen-bond donors (Lipinski definition) is 4. The topological polar surface area (TPSA) is 109 Å². The molecule has 8 nitrogen and oxygen atoms in total. The third-order valence-electron chi connectivity index (χ3n) is 10.3. The zero-order chi connectivity index (χ0) is 32.4. The summed E-state index contributed by atoms with van der Waals surface area (Å²) in [6.07, 6.45) is 7.41. The lowest BCUT2D eigenvalue weighted by Crippen LogP contribution is -2.61. The first-order valence-electron chi connectivity index (χ1n) is 17.0. The zero-order valence-electron chi connectivity index (χ0n) is 27.0. The van der Waals surface area contributed by atoms with Crippen LogP contribution >= 0.6 is 11.8 Å². The van der Waals surface area contributed by atoms with Crippen LogP contribution in [0.4, 0.5) is 10.5 Å². The molecule has 8 rings (SSSR count). The first-order chi connectivity index (χ1) is 22.8. The molecule has 0 unspecified atom stereocenters. The number of nitrogens with one attached hydrogen (secondary N) is 3. The molecular formula is C38H45N3O5S. The van der Waals surface area contributed by atoms with Crippen LogP contribution in [0.15, 0.2) is 77.7 Å². The molecule has 0 radical (unpaired) electrons. The number of rotatable bonds is 10. The molecule has 3 amide bonds. The number of carbonyl (C=O) groups excluding carboxylic acids is 2. The van der Waals surface area contributed by atoms with Crippen molar-refractivity contribution in [2.24, 2.45) is 17.8 Å². The number of thioether (sulfide) groups is 1. The van der Waals surface area contributed by atoms with E-state index < -0.39 is 6.29 Å². The second kappa shape index (κ2) is 14.0. The Hall–Kier alpha value is -3.37. The zero-order valence-corrected chi connectivity index (χ0v) is 27.8. The van der Waals surface area contributed by atoms with E-state index in [0.29, 0.717) is 13.0 Å². The van der Waals surface area contributed by atoms with E-state index in [9.17, 15) is 14.7 Å². The number of aliphatic hydroxyl groups is 1. The lowest BCUT2D eigenvalue weighted by molar-refractivity contribution is -0.245. The van der Waals surface area contributed by atoms with Crippen molar-refractivity contribution in [1.82, 2.24) is 10.6 Å². The van der Waals surface area contributed by atoms with Crippen LogP contribution in [0.2, 0.25) is 0 Å². The highest BCUT2D eigenvalue weighted by Crippen LogP contribution is 2.55. The van der Waals surface area contributed by atoms with E-state index in [4.69, 9.17) is 9.47 Å². The molecular weight excluding hydrogens is 611 g/mol. The average molecular weight is 656 g/mol. The van der Waals surface area contributed by atoms with Crippen molar-refractivity contribution in [3.05, 3.63) is 95.1 Å². The van der Waals surface area contributed by atoms with Gasteiger partial charge in [0.25, 0.3) is 0 Å². The van der Waals surface area contributed by atoms with E-state index in [0.717, 1.165) is 75.6 Å². The molecule has 4 aliphatic carbocycles. The summed E-state index contributed by atoms with van der Waals surface area (Å²) >= 11 is 1.71. The number of benzene rings is 3. The van der Waals surface area contributed by atoms with E-state index in [1.165, 1.54) is 26.2 Å². The SMILES string of the molecule is CC(=O)Nc1ccc(SC[C@@H]2C[C@H](c3ccc(CO)cc3)O[C@H](c3ccc(CNC(=O)NC45CC6CC(CC(C6)C4)C5)cc3)O2)cc1. The summed E-state index contributed by atoms with van der Waals surface area (Å²) in [5.41, 5.74) is 4.64. The summed E-state index contributed by atoms with van der Waals surface area (Å²) in [6.45, 7) is 1.97. The minimum Gasteiger partial charge on any atom is -0.392 e. The van der Waals surface area contributed by atoms with Crippen molar-refractivity contribution in [2.75, 3.05) is 11.1 Å². The van der Waals surface area contributed by atoms with Crippen LogP contribution in [0, 0.1) is 17.8 Å². The largest absolute Gasteiger partial charge is 0.392 e. The van der Waals surface area contributed by atoms with Crippen LogP contribution in [0.25, 0.3) is 0 Å². The van der Waals surface area contributed by atoms with E-state index in [1.54, 1.807) is 11.8 Å². The minimum absolute atomic E-state index is 0.00170. The number of amides is 3. The summed E-state index contributed by atoms with van der Waals surface area (Å²) in [6, 6.07) is 23.8. The Kier molecular flexibility index (Phi) is 9.59. The van der Waals surface area contributed by atoms with Gasteiger partial charge in [0.2, 0.25) is 5.91 Å². The van der Waals surface area contributed by atoms with Gasteiger partial charge in [-0.05, 0) is 97.2 Å². The standard InChI is InChI=1S/C38H45N3O5S/c1-24(43)40-32-10-12-34(13-11-32)47-23-33-17-35(30-6-4-26(22-42)5-7-30)46-36(45-33)31-8-2-25(3-9-31)21-39-37(44)41-38-18-27-14-28(19-38)16-29(15-27)20-38/h2-13,27-29,33,35-36,42H,14-23H2,1H3,(H,40,43)(H2,39,41,44)/t27?,28?,29?,33-,35+,36+,38?/m0/s1. The van der Waals surface area contributed by atoms with Crippen molar-refractivity contribution >= 4 is 29.4 Å². The Balaban J connectivity index is 0.977. The van der Waals surface area contributed by atoms with E-state index in [2.05, 4.69) is 16.0 Å². The molecule has 3 aromatic rings. The molecule has 47 heavy (non-hydrogen) atoms. The number of hydrogen-bond acceptors (Lipinski definition) is 6. The molecule has 4 N–H and O–H groups in total. The minimum atomic E-state index is -0.541. The molecule has 5 fully saturated rings. The van der Waals surface area contributed by atoms with Crippen LogP contribution in [0.1, 0.15) is 86.5 Å². The second-order valence-corrected chi connectivity index (χ2v) is 15.2. The average Bonchev–Trinajstić information content (AvgIpc) is 3.06. The number of aliphatic hydroxyl groups excluding tert-OH is 1. The highest BCUT2D eigenvalue weighted by atomic mass is 32.2. The number of urea groups is 1. The molecule has 9 heteroatoms. The Morgan fingerprint density at radius 3 is 2.04 bits per heavy atom. The van der Waals surface area contributed by atoms with Gasteiger partial charge in [-0.15, -0.1) is 11.8 Å². The van der Waals surface area contributed by atoms with Gasteiger partial charge in [0.15, 0.2) is 6.29 Å². The molecule has 5 aliphatic rings. The molecule has 4 bridgehead atoms. The molecule has 1 saturated heterocycles. The van der Waals surface area contributed by atoms with Crippen molar-refractivity contribution in [1.29, 1.82) is 0 Å². The van der Waals surface area contributed by atoms with Gasteiger partial charge in [0.05, 0.1) is 18.8 Å². The number of carbonyl (C=O) groups is 2. The Morgan fingerprint density at radius 2 is 1.43 bits per heavy atom. The summed E-state index contributed by atoms with van der Waals surface area (Å²) in [5, 5.41) is 18.8. The maximum atomic E-state index is 13.0. The predicted octanol–water partition coefficient (Wildman–Crippen LogP) is 7.24. The van der Waals surface area contributed by atoms with Gasteiger partial charge < -0.3 is 30.5 Å². The molecule has 0 spiro atoms. The predicted molar refractivity (Wildman–Crippen MR) is 183 cm³/mol. The fourth-order valence-electron chi connectivity index (χ4n) is 8.57. The van der Waals surface area contributed by atoms with Gasteiger partial charge >= 0.3 is 6.03 Å². The van der Waals surface area contributed by atoms with Gasteiger partial charge in [0.1, 0.15) is 0 Å². The monoisotopic (exact) mass is 655 g/mol.